The lowest BCUT2D eigenvalue weighted by molar-refractivity contribution is 0.203. The Labute approximate surface area is 185 Å². The Morgan fingerprint density at radius 2 is 1.97 bits per heavy atom. The van der Waals surface area contributed by atoms with Crippen molar-refractivity contribution in [2.45, 2.75) is 32.2 Å². The van der Waals surface area contributed by atoms with Crippen LogP contribution in [0, 0.1) is 6.92 Å². The van der Waals surface area contributed by atoms with Crippen LogP contribution in [0.5, 0.6) is 0 Å². The molecule has 0 aliphatic carbocycles. The summed E-state index contributed by atoms with van der Waals surface area (Å²) in [6, 6.07) is 9.78. The van der Waals surface area contributed by atoms with Crippen molar-refractivity contribution < 1.29 is 0 Å². The molecule has 0 unspecified atom stereocenters. The third-order valence-electron chi connectivity index (χ3n) is 6.06. The van der Waals surface area contributed by atoms with Crippen molar-refractivity contribution in [3.8, 4) is 11.4 Å². The maximum absolute atomic E-state index is 6.17. The van der Waals surface area contributed by atoms with Crippen LogP contribution in [0.4, 0.5) is 0 Å². The van der Waals surface area contributed by atoms with Crippen molar-refractivity contribution in [2.75, 3.05) is 13.1 Å². The Kier molecular flexibility index (Phi) is 5.27. The first-order valence-corrected chi connectivity index (χ1v) is 11.0. The molecule has 154 valence electrons. The summed E-state index contributed by atoms with van der Waals surface area (Å²) >= 11 is 12.2. The highest BCUT2D eigenvalue weighted by Crippen LogP contribution is 2.33. The van der Waals surface area contributed by atoms with Gasteiger partial charge in [0.2, 0.25) is 0 Å². The Balaban J connectivity index is 1.26. The number of piperidine rings is 1. The predicted octanol–water partition coefficient (Wildman–Crippen LogP) is 5.95. The largest absolute Gasteiger partial charge is 0.346 e. The van der Waals surface area contributed by atoms with Crippen molar-refractivity contribution in [3.05, 3.63) is 69.7 Å². The summed E-state index contributed by atoms with van der Waals surface area (Å²) in [6.07, 6.45) is 6.26. The van der Waals surface area contributed by atoms with E-state index in [1.807, 2.05) is 30.5 Å². The first kappa shape index (κ1) is 19.6. The lowest BCUT2D eigenvalue weighted by Gasteiger charge is -2.31. The van der Waals surface area contributed by atoms with Gasteiger partial charge < -0.3 is 9.97 Å². The van der Waals surface area contributed by atoms with Gasteiger partial charge in [-0.15, -0.1) is 0 Å². The number of imidazole rings is 1. The summed E-state index contributed by atoms with van der Waals surface area (Å²) in [7, 11) is 0. The first-order chi connectivity index (χ1) is 14.6. The molecule has 1 aromatic carbocycles. The van der Waals surface area contributed by atoms with Gasteiger partial charge in [0.15, 0.2) is 0 Å². The lowest BCUT2D eigenvalue weighted by Crippen LogP contribution is -2.32. The van der Waals surface area contributed by atoms with Crippen LogP contribution in [0.2, 0.25) is 10.0 Å². The van der Waals surface area contributed by atoms with Crippen LogP contribution < -0.4 is 0 Å². The Morgan fingerprint density at radius 3 is 2.77 bits per heavy atom. The van der Waals surface area contributed by atoms with Crippen molar-refractivity contribution in [1.82, 2.24) is 24.8 Å². The molecule has 1 fully saturated rings. The first-order valence-electron chi connectivity index (χ1n) is 10.2. The normalized spacial score (nSPS) is 15.8. The molecule has 1 saturated heterocycles. The maximum Gasteiger partial charge on any atom is 0.137 e. The fourth-order valence-corrected chi connectivity index (χ4v) is 4.66. The molecule has 3 aromatic heterocycles. The molecule has 0 amide bonds. The van der Waals surface area contributed by atoms with Gasteiger partial charge in [-0.05, 0) is 74.7 Å². The minimum absolute atomic E-state index is 0.541. The van der Waals surface area contributed by atoms with Gasteiger partial charge in [0.25, 0.3) is 0 Å². The smallest absolute Gasteiger partial charge is 0.137 e. The highest BCUT2D eigenvalue weighted by atomic mass is 35.5. The summed E-state index contributed by atoms with van der Waals surface area (Å²) < 4.78 is 0. The number of hydrogen-bond acceptors (Lipinski definition) is 3. The van der Waals surface area contributed by atoms with Crippen LogP contribution in [-0.2, 0) is 6.54 Å². The monoisotopic (exact) mass is 439 g/mol. The van der Waals surface area contributed by atoms with Gasteiger partial charge in [-0.1, -0.05) is 23.2 Å². The zero-order valence-electron chi connectivity index (χ0n) is 16.8. The quantitative estimate of drug-likeness (QED) is 0.412. The van der Waals surface area contributed by atoms with E-state index in [1.165, 1.54) is 10.9 Å². The fourth-order valence-electron chi connectivity index (χ4n) is 4.36. The molecule has 1 aliphatic heterocycles. The highest BCUT2D eigenvalue weighted by molar-refractivity contribution is 6.42. The van der Waals surface area contributed by atoms with Crippen molar-refractivity contribution in [1.29, 1.82) is 0 Å². The molecule has 4 aromatic rings. The number of benzene rings is 1. The van der Waals surface area contributed by atoms with Gasteiger partial charge in [0, 0.05) is 35.6 Å². The van der Waals surface area contributed by atoms with E-state index < -0.39 is 0 Å². The van der Waals surface area contributed by atoms with E-state index in [9.17, 15) is 0 Å². The molecule has 1 aliphatic rings. The fraction of sp³-hybridized carbons (Fsp3) is 0.304. The molecule has 0 radical (unpaired) electrons. The summed E-state index contributed by atoms with van der Waals surface area (Å²) in [5, 5.41) is 2.35. The van der Waals surface area contributed by atoms with Crippen LogP contribution in [-0.4, -0.2) is 37.9 Å². The number of aromatic nitrogens is 4. The van der Waals surface area contributed by atoms with E-state index in [4.69, 9.17) is 28.2 Å². The van der Waals surface area contributed by atoms with Gasteiger partial charge in [-0.25, -0.2) is 9.97 Å². The zero-order valence-corrected chi connectivity index (χ0v) is 18.3. The van der Waals surface area contributed by atoms with Gasteiger partial charge >= 0.3 is 0 Å². The number of rotatable bonds is 4. The van der Waals surface area contributed by atoms with E-state index in [0.717, 1.165) is 60.9 Å². The summed E-state index contributed by atoms with van der Waals surface area (Å²) in [5.41, 5.74) is 5.52. The molecule has 0 saturated carbocycles. The standard InChI is InChI=1S/C23H23Cl2N5/c1-14-21(29-22(28-14)16-4-5-19(24)20(25)11-16)13-30-9-6-15(7-10-30)18-12-27-23-17(18)3-2-8-26-23/h2-5,8,11-12,15H,6-7,9-10,13H2,1H3,(H,26,27)(H,28,29). The van der Waals surface area contributed by atoms with Crippen LogP contribution in [0.25, 0.3) is 22.4 Å². The average Bonchev–Trinajstić information content (AvgIpc) is 3.35. The predicted molar refractivity (Wildman–Crippen MR) is 122 cm³/mol. The average molecular weight is 440 g/mol. The maximum atomic E-state index is 6.17. The van der Waals surface area contributed by atoms with Crippen LogP contribution in [0.3, 0.4) is 0 Å². The van der Waals surface area contributed by atoms with E-state index in [-0.39, 0.29) is 0 Å². The number of nitrogens with zero attached hydrogens (tertiary/aromatic N) is 3. The molecule has 2 N–H and O–H groups in total. The third-order valence-corrected chi connectivity index (χ3v) is 6.80. The van der Waals surface area contributed by atoms with Crippen molar-refractivity contribution >= 4 is 34.2 Å². The number of pyridine rings is 1. The van der Waals surface area contributed by atoms with Crippen molar-refractivity contribution in [2.24, 2.45) is 0 Å². The van der Waals surface area contributed by atoms with Crippen molar-refractivity contribution in [3.63, 3.8) is 0 Å². The number of aryl methyl sites for hydroxylation is 1. The number of aromatic amines is 2. The summed E-state index contributed by atoms with van der Waals surface area (Å²) in [6.45, 7) is 5.05. The van der Waals surface area contributed by atoms with Crippen LogP contribution >= 0.6 is 23.2 Å². The minimum atomic E-state index is 0.541. The SMILES string of the molecule is Cc1[nH]c(-c2ccc(Cl)c(Cl)c2)nc1CN1CCC(c2c[nH]c3ncccc23)CC1. The zero-order chi connectivity index (χ0) is 20.7. The van der Waals surface area contributed by atoms with E-state index in [2.05, 4.69) is 39.0 Å². The molecule has 0 atom stereocenters. The van der Waals surface area contributed by atoms with E-state index in [0.29, 0.717) is 16.0 Å². The Morgan fingerprint density at radius 1 is 1.13 bits per heavy atom. The van der Waals surface area contributed by atoms with Crippen LogP contribution in [0.15, 0.2) is 42.7 Å². The second kappa shape index (κ2) is 8.06. The minimum Gasteiger partial charge on any atom is -0.346 e. The molecule has 0 bridgehead atoms. The highest BCUT2D eigenvalue weighted by Gasteiger charge is 2.24. The number of hydrogen-bond donors (Lipinski definition) is 2. The second-order valence-electron chi connectivity index (χ2n) is 7.98. The molecule has 0 spiro atoms. The van der Waals surface area contributed by atoms with Gasteiger partial charge in [-0.3, -0.25) is 4.90 Å². The number of fused-ring (bicyclic) bond motifs is 1. The molecular weight excluding hydrogens is 417 g/mol. The Hall–Kier alpha value is -2.34. The molecule has 7 heteroatoms. The number of halogens is 2. The van der Waals surface area contributed by atoms with Gasteiger partial charge in [0.1, 0.15) is 11.5 Å². The molecule has 5 nitrogen and oxygen atoms in total. The molecule has 5 rings (SSSR count). The van der Waals surface area contributed by atoms with Gasteiger partial charge in [-0.2, -0.15) is 0 Å². The number of H-pyrrole nitrogens is 2. The van der Waals surface area contributed by atoms with Crippen LogP contribution in [0.1, 0.15) is 35.7 Å². The Bertz CT molecular complexity index is 1190. The number of likely N-dealkylation sites (tertiary alicyclic amines) is 1. The van der Waals surface area contributed by atoms with E-state index in [1.54, 1.807) is 0 Å². The summed E-state index contributed by atoms with van der Waals surface area (Å²) in [5.74, 6) is 1.41. The molecule has 30 heavy (non-hydrogen) atoms. The third kappa shape index (κ3) is 3.73. The molecular formula is C23H23Cl2N5. The lowest BCUT2D eigenvalue weighted by atomic mass is 9.89. The topological polar surface area (TPSA) is 60.6 Å². The summed E-state index contributed by atoms with van der Waals surface area (Å²) in [4.78, 5) is 18.5. The molecule has 4 heterocycles. The number of nitrogens with one attached hydrogen (secondary N) is 2. The second-order valence-corrected chi connectivity index (χ2v) is 8.79. The van der Waals surface area contributed by atoms with Gasteiger partial charge in [0.05, 0.1) is 15.7 Å². The van der Waals surface area contributed by atoms with E-state index >= 15 is 0 Å².